The first-order valence-electron chi connectivity index (χ1n) is 6.12. The van der Waals surface area contributed by atoms with E-state index in [9.17, 15) is 4.57 Å². The van der Waals surface area contributed by atoms with Crippen molar-refractivity contribution >= 4 is 19.5 Å². The van der Waals surface area contributed by atoms with Gasteiger partial charge in [-0.2, -0.15) is 0 Å². The molecular weight excluding hydrogens is 241 g/mol. The van der Waals surface area contributed by atoms with Gasteiger partial charge in [-0.1, -0.05) is 30.3 Å². The SMILES string of the molecule is O=Pc1ccc2c(c1)CCN2Cc1ccccc1. The minimum atomic E-state index is 0.111. The van der Waals surface area contributed by atoms with Crippen LogP contribution in [0.1, 0.15) is 11.1 Å². The summed E-state index contributed by atoms with van der Waals surface area (Å²) in [6.07, 6.45) is 1.05. The van der Waals surface area contributed by atoms with Crippen LogP contribution in [0.3, 0.4) is 0 Å². The molecule has 0 spiro atoms. The van der Waals surface area contributed by atoms with E-state index in [2.05, 4.69) is 41.3 Å². The lowest BCUT2D eigenvalue weighted by Gasteiger charge is -2.19. The Labute approximate surface area is 108 Å². The molecular formula is C15H14NOP. The number of hydrogen-bond acceptors (Lipinski definition) is 2. The molecule has 0 unspecified atom stereocenters. The summed E-state index contributed by atoms with van der Waals surface area (Å²) < 4.78 is 10.9. The van der Waals surface area contributed by atoms with E-state index in [1.165, 1.54) is 16.8 Å². The fourth-order valence-electron chi connectivity index (χ4n) is 2.48. The molecule has 0 aliphatic carbocycles. The molecule has 1 aliphatic rings. The van der Waals surface area contributed by atoms with Crippen molar-refractivity contribution in [1.82, 2.24) is 0 Å². The number of nitrogens with zero attached hydrogens (tertiary/aromatic N) is 1. The van der Waals surface area contributed by atoms with Crippen LogP contribution in [0.4, 0.5) is 5.69 Å². The second kappa shape index (κ2) is 4.91. The second-order valence-electron chi connectivity index (χ2n) is 4.56. The summed E-state index contributed by atoms with van der Waals surface area (Å²) in [7, 11) is 0.111. The minimum Gasteiger partial charge on any atom is -0.367 e. The van der Waals surface area contributed by atoms with Gasteiger partial charge in [0, 0.05) is 24.1 Å². The first kappa shape index (κ1) is 11.4. The summed E-state index contributed by atoms with van der Waals surface area (Å²) in [5, 5.41) is 0.871. The molecule has 0 saturated heterocycles. The highest BCUT2D eigenvalue weighted by atomic mass is 31.1. The Hall–Kier alpha value is -1.66. The maximum atomic E-state index is 10.9. The number of hydrogen-bond donors (Lipinski definition) is 0. The van der Waals surface area contributed by atoms with E-state index >= 15 is 0 Å². The van der Waals surface area contributed by atoms with Gasteiger partial charge in [-0.05, 0) is 35.7 Å². The van der Waals surface area contributed by atoms with Crippen LogP contribution < -0.4 is 10.2 Å². The molecule has 2 nitrogen and oxygen atoms in total. The average molecular weight is 255 g/mol. The third-order valence-electron chi connectivity index (χ3n) is 3.38. The molecule has 2 aromatic carbocycles. The van der Waals surface area contributed by atoms with Crippen LogP contribution in [-0.4, -0.2) is 6.54 Å². The molecule has 18 heavy (non-hydrogen) atoms. The lowest BCUT2D eigenvalue weighted by Crippen LogP contribution is -2.19. The molecule has 1 aliphatic heterocycles. The van der Waals surface area contributed by atoms with Gasteiger partial charge in [0.05, 0.1) is 0 Å². The molecule has 0 aromatic heterocycles. The topological polar surface area (TPSA) is 20.3 Å². The predicted octanol–water partition coefficient (Wildman–Crippen LogP) is 3.17. The van der Waals surface area contributed by atoms with Crippen molar-refractivity contribution < 1.29 is 4.57 Å². The summed E-state index contributed by atoms with van der Waals surface area (Å²) in [6.45, 7) is 1.99. The van der Waals surface area contributed by atoms with Crippen molar-refractivity contribution in [3.8, 4) is 0 Å². The smallest absolute Gasteiger partial charge is 0.192 e. The van der Waals surface area contributed by atoms with Crippen LogP contribution in [0.5, 0.6) is 0 Å². The van der Waals surface area contributed by atoms with Crippen LogP contribution in [0.25, 0.3) is 0 Å². The van der Waals surface area contributed by atoms with Crippen molar-refractivity contribution in [3.05, 3.63) is 59.7 Å². The van der Waals surface area contributed by atoms with E-state index in [0.717, 1.165) is 24.8 Å². The van der Waals surface area contributed by atoms with Gasteiger partial charge < -0.3 is 4.90 Å². The van der Waals surface area contributed by atoms with Gasteiger partial charge in [0.15, 0.2) is 8.46 Å². The van der Waals surface area contributed by atoms with Crippen LogP contribution in [0.15, 0.2) is 48.5 Å². The Kier molecular flexibility index (Phi) is 3.12. The van der Waals surface area contributed by atoms with Crippen LogP contribution in [0, 0.1) is 0 Å². The summed E-state index contributed by atoms with van der Waals surface area (Å²) in [5.41, 5.74) is 3.93. The highest BCUT2D eigenvalue weighted by molar-refractivity contribution is 7.34. The standard InChI is InChI=1S/C15H14NOP/c17-18-14-6-7-15-13(10-14)8-9-16(15)11-12-4-2-1-3-5-12/h1-7,10H,8-9,11H2. The summed E-state index contributed by atoms with van der Waals surface area (Å²) in [5.74, 6) is 0. The molecule has 0 atom stereocenters. The van der Waals surface area contributed by atoms with Gasteiger partial charge in [0.1, 0.15) is 0 Å². The third kappa shape index (κ3) is 2.16. The lowest BCUT2D eigenvalue weighted by atomic mass is 10.1. The van der Waals surface area contributed by atoms with E-state index < -0.39 is 0 Å². The molecule has 0 amide bonds. The van der Waals surface area contributed by atoms with Crippen LogP contribution in [0.2, 0.25) is 0 Å². The molecule has 0 saturated carbocycles. The summed E-state index contributed by atoms with van der Waals surface area (Å²) in [6, 6.07) is 16.6. The monoisotopic (exact) mass is 255 g/mol. The van der Waals surface area contributed by atoms with Gasteiger partial charge >= 0.3 is 0 Å². The number of rotatable bonds is 3. The van der Waals surface area contributed by atoms with E-state index in [1.54, 1.807) is 0 Å². The van der Waals surface area contributed by atoms with Gasteiger partial charge in [-0.25, -0.2) is 0 Å². The number of benzene rings is 2. The zero-order valence-corrected chi connectivity index (χ0v) is 10.9. The van der Waals surface area contributed by atoms with Gasteiger partial charge in [-0.15, -0.1) is 0 Å². The van der Waals surface area contributed by atoms with Gasteiger partial charge in [0.2, 0.25) is 0 Å². The Balaban J connectivity index is 1.85. The van der Waals surface area contributed by atoms with E-state index in [0.29, 0.717) is 0 Å². The van der Waals surface area contributed by atoms with E-state index in [4.69, 9.17) is 0 Å². The summed E-state index contributed by atoms with van der Waals surface area (Å²) >= 11 is 0. The first-order valence-corrected chi connectivity index (χ1v) is 6.93. The second-order valence-corrected chi connectivity index (χ2v) is 5.26. The van der Waals surface area contributed by atoms with Crippen LogP contribution >= 0.6 is 8.46 Å². The van der Waals surface area contributed by atoms with Crippen molar-refractivity contribution in [3.63, 3.8) is 0 Å². The Morgan fingerprint density at radius 3 is 2.72 bits per heavy atom. The molecule has 0 radical (unpaired) electrons. The Morgan fingerprint density at radius 1 is 1.11 bits per heavy atom. The average Bonchev–Trinajstić information content (AvgIpc) is 2.82. The van der Waals surface area contributed by atoms with Crippen molar-refractivity contribution in [2.24, 2.45) is 0 Å². The van der Waals surface area contributed by atoms with E-state index in [1.807, 2.05) is 12.1 Å². The third-order valence-corrected chi connectivity index (χ3v) is 3.87. The number of fused-ring (bicyclic) bond motifs is 1. The normalized spacial score (nSPS) is 13.9. The highest BCUT2D eigenvalue weighted by Crippen LogP contribution is 2.28. The maximum Gasteiger partial charge on any atom is 0.192 e. The fraction of sp³-hybridized carbons (Fsp3) is 0.200. The van der Waals surface area contributed by atoms with Crippen molar-refractivity contribution in [2.75, 3.05) is 11.4 Å². The maximum absolute atomic E-state index is 10.9. The number of anilines is 1. The van der Waals surface area contributed by atoms with Crippen molar-refractivity contribution in [1.29, 1.82) is 0 Å². The van der Waals surface area contributed by atoms with Gasteiger partial charge in [-0.3, -0.25) is 4.57 Å². The zero-order chi connectivity index (χ0) is 12.4. The molecule has 3 rings (SSSR count). The summed E-state index contributed by atoms with van der Waals surface area (Å²) in [4.78, 5) is 2.39. The molecule has 90 valence electrons. The largest absolute Gasteiger partial charge is 0.367 e. The molecule has 0 N–H and O–H groups in total. The molecule has 0 fully saturated rings. The zero-order valence-electron chi connectivity index (χ0n) is 10.0. The molecule has 1 heterocycles. The predicted molar refractivity (Wildman–Crippen MR) is 74.9 cm³/mol. The van der Waals surface area contributed by atoms with Gasteiger partial charge in [0.25, 0.3) is 0 Å². The van der Waals surface area contributed by atoms with Crippen molar-refractivity contribution in [2.45, 2.75) is 13.0 Å². The first-order chi connectivity index (χ1) is 8.86. The molecule has 2 aromatic rings. The fourth-order valence-corrected chi connectivity index (χ4v) is 2.83. The van der Waals surface area contributed by atoms with Crippen LogP contribution in [-0.2, 0) is 17.5 Å². The minimum absolute atomic E-state index is 0.111. The lowest BCUT2D eigenvalue weighted by molar-refractivity contribution is 0.603. The van der Waals surface area contributed by atoms with E-state index in [-0.39, 0.29) is 8.46 Å². The Morgan fingerprint density at radius 2 is 1.94 bits per heavy atom. The quantitative estimate of drug-likeness (QED) is 0.785. The molecule has 0 bridgehead atoms. The Bertz CT molecular complexity index is 568. The molecule has 3 heteroatoms. The highest BCUT2D eigenvalue weighted by Gasteiger charge is 2.19.